The molecular formula is C16H12BrNO3. The number of rotatable bonds is 3. The minimum Gasteiger partial charge on any atom is -0.497 e. The second-order valence-electron chi connectivity index (χ2n) is 4.70. The predicted molar refractivity (Wildman–Crippen MR) is 81.3 cm³/mol. The molecule has 1 aliphatic rings. The van der Waals surface area contributed by atoms with Crippen LogP contribution in [0.25, 0.3) is 0 Å². The van der Waals surface area contributed by atoms with Gasteiger partial charge in [-0.3, -0.25) is 14.5 Å². The highest BCUT2D eigenvalue weighted by Crippen LogP contribution is 2.28. The Morgan fingerprint density at radius 3 is 2.24 bits per heavy atom. The van der Waals surface area contributed by atoms with Gasteiger partial charge in [-0.1, -0.05) is 28.1 Å². The fraction of sp³-hybridized carbons (Fsp3) is 0.125. The lowest BCUT2D eigenvalue weighted by Crippen LogP contribution is -2.29. The second kappa shape index (κ2) is 5.33. The average Bonchev–Trinajstić information content (AvgIpc) is 2.75. The number of fused-ring (bicyclic) bond motifs is 1. The quantitative estimate of drug-likeness (QED) is 0.802. The molecule has 3 rings (SSSR count). The van der Waals surface area contributed by atoms with E-state index in [2.05, 4.69) is 15.9 Å². The van der Waals surface area contributed by atoms with Gasteiger partial charge in [-0.15, -0.1) is 0 Å². The molecule has 4 nitrogen and oxygen atoms in total. The number of carbonyl (C=O) groups excluding carboxylic acids is 2. The van der Waals surface area contributed by atoms with Gasteiger partial charge >= 0.3 is 0 Å². The van der Waals surface area contributed by atoms with Gasteiger partial charge in [0.15, 0.2) is 0 Å². The highest BCUT2D eigenvalue weighted by Gasteiger charge is 2.35. The van der Waals surface area contributed by atoms with Crippen LogP contribution in [0.4, 0.5) is 0 Å². The Morgan fingerprint density at radius 2 is 1.67 bits per heavy atom. The summed E-state index contributed by atoms with van der Waals surface area (Å²) in [6.07, 6.45) is 0. The summed E-state index contributed by atoms with van der Waals surface area (Å²) >= 11 is 3.44. The first kappa shape index (κ1) is 13.8. The Balaban J connectivity index is 1.94. The van der Waals surface area contributed by atoms with Crippen molar-refractivity contribution >= 4 is 27.7 Å². The molecule has 2 amide bonds. The van der Waals surface area contributed by atoms with Crippen molar-refractivity contribution in [1.29, 1.82) is 0 Å². The third-order valence-corrected chi connectivity index (χ3v) is 4.23. The third kappa shape index (κ3) is 2.34. The van der Waals surface area contributed by atoms with Crippen LogP contribution in [0.5, 0.6) is 5.75 Å². The maximum atomic E-state index is 12.3. The second-order valence-corrected chi connectivity index (χ2v) is 5.55. The van der Waals surface area contributed by atoms with Crippen molar-refractivity contribution in [1.82, 2.24) is 4.90 Å². The molecule has 0 spiro atoms. The van der Waals surface area contributed by atoms with E-state index < -0.39 is 0 Å². The van der Waals surface area contributed by atoms with Crippen LogP contribution in [0.1, 0.15) is 26.3 Å². The number of carbonyl (C=O) groups is 2. The van der Waals surface area contributed by atoms with E-state index in [1.165, 1.54) is 4.90 Å². The maximum absolute atomic E-state index is 12.3. The van der Waals surface area contributed by atoms with Crippen LogP contribution in [-0.4, -0.2) is 23.8 Å². The van der Waals surface area contributed by atoms with Gasteiger partial charge in [-0.25, -0.2) is 0 Å². The molecule has 0 bridgehead atoms. The Kier molecular flexibility index (Phi) is 3.51. The van der Waals surface area contributed by atoms with Gasteiger partial charge in [0.2, 0.25) is 0 Å². The van der Waals surface area contributed by atoms with Gasteiger partial charge in [0.25, 0.3) is 11.8 Å². The van der Waals surface area contributed by atoms with Crippen LogP contribution in [0.2, 0.25) is 0 Å². The van der Waals surface area contributed by atoms with E-state index in [1.54, 1.807) is 31.4 Å². The number of methoxy groups -OCH3 is 1. The first-order chi connectivity index (χ1) is 10.1. The van der Waals surface area contributed by atoms with E-state index in [0.29, 0.717) is 16.9 Å². The number of hydrogen-bond acceptors (Lipinski definition) is 3. The summed E-state index contributed by atoms with van der Waals surface area (Å²) in [4.78, 5) is 25.9. The molecule has 1 aliphatic heterocycles. The molecule has 21 heavy (non-hydrogen) atoms. The van der Waals surface area contributed by atoms with E-state index in [-0.39, 0.29) is 18.4 Å². The first-order valence-corrected chi connectivity index (χ1v) is 7.18. The number of ether oxygens (including phenoxy) is 1. The van der Waals surface area contributed by atoms with Gasteiger partial charge in [0.1, 0.15) is 5.75 Å². The zero-order valence-electron chi connectivity index (χ0n) is 11.3. The lowest BCUT2D eigenvalue weighted by molar-refractivity contribution is 0.0642. The number of halogens is 1. The molecule has 0 atom stereocenters. The van der Waals surface area contributed by atoms with Crippen molar-refractivity contribution in [2.75, 3.05) is 7.11 Å². The average molecular weight is 346 g/mol. The fourth-order valence-corrected chi connectivity index (χ4v) is 2.72. The highest BCUT2D eigenvalue weighted by molar-refractivity contribution is 9.10. The maximum Gasteiger partial charge on any atom is 0.261 e. The van der Waals surface area contributed by atoms with Gasteiger partial charge < -0.3 is 4.74 Å². The molecule has 0 fully saturated rings. The van der Waals surface area contributed by atoms with Gasteiger partial charge in [-0.2, -0.15) is 0 Å². The standard InChI is InChI=1S/C16H12BrNO3/c1-21-11-6-7-14(17)10(8-11)9-18-15(19)12-4-2-3-5-13(12)16(18)20/h2-8H,9H2,1H3. The summed E-state index contributed by atoms with van der Waals surface area (Å²) < 4.78 is 6.01. The summed E-state index contributed by atoms with van der Waals surface area (Å²) in [5.41, 5.74) is 1.74. The fourth-order valence-electron chi connectivity index (χ4n) is 2.35. The number of nitrogens with zero attached hydrogens (tertiary/aromatic N) is 1. The lowest BCUT2D eigenvalue weighted by atomic mass is 10.1. The summed E-state index contributed by atoms with van der Waals surface area (Å²) in [6, 6.07) is 12.3. The van der Waals surface area contributed by atoms with Crippen molar-refractivity contribution in [3.8, 4) is 5.75 Å². The van der Waals surface area contributed by atoms with Crippen molar-refractivity contribution in [3.05, 3.63) is 63.6 Å². The van der Waals surface area contributed by atoms with E-state index >= 15 is 0 Å². The molecule has 0 N–H and O–H groups in total. The molecule has 2 aromatic carbocycles. The van der Waals surface area contributed by atoms with Crippen molar-refractivity contribution in [2.45, 2.75) is 6.54 Å². The molecule has 0 aromatic heterocycles. The van der Waals surface area contributed by atoms with Crippen LogP contribution in [0.15, 0.2) is 46.9 Å². The Labute approximate surface area is 130 Å². The molecule has 2 aromatic rings. The van der Waals surface area contributed by atoms with Crippen LogP contribution in [-0.2, 0) is 6.54 Å². The summed E-state index contributed by atoms with van der Waals surface area (Å²) in [5, 5.41) is 0. The van der Waals surface area contributed by atoms with Gasteiger partial charge in [0, 0.05) is 4.47 Å². The number of benzene rings is 2. The van der Waals surface area contributed by atoms with Crippen molar-refractivity contribution in [3.63, 3.8) is 0 Å². The SMILES string of the molecule is COc1ccc(Br)c(CN2C(=O)c3ccccc3C2=O)c1. The van der Waals surface area contributed by atoms with Crippen molar-refractivity contribution in [2.24, 2.45) is 0 Å². The summed E-state index contributed by atoms with van der Waals surface area (Å²) in [7, 11) is 1.58. The topological polar surface area (TPSA) is 46.6 Å². The molecule has 1 heterocycles. The smallest absolute Gasteiger partial charge is 0.261 e. The normalized spacial score (nSPS) is 13.5. The van der Waals surface area contributed by atoms with Gasteiger partial charge in [-0.05, 0) is 35.9 Å². The van der Waals surface area contributed by atoms with Crippen molar-refractivity contribution < 1.29 is 14.3 Å². The number of imide groups is 1. The molecule has 0 saturated carbocycles. The Hall–Kier alpha value is -2.14. The molecule has 106 valence electrons. The zero-order valence-corrected chi connectivity index (χ0v) is 12.9. The minimum absolute atomic E-state index is 0.212. The number of hydrogen-bond donors (Lipinski definition) is 0. The van der Waals surface area contributed by atoms with Gasteiger partial charge in [0.05, 0.1) is 24.8 Å². The van der Waals surface area contributed by atoms with E-state index in [1.807, 2.05) is 18.2 Å². The first-order valence-electron chi connectivity index (χ1n) is 6.39. The van der Waals surface area contributed by atoms with Crippen LogP contribution < -0.4 is 4.74 Å². The molecule has 0 saturated heterocycles. The predicted octanol–water partition coefficient (Wildman–Crippen LogP) is 3.25. The third-order valence-electron chi connectivity index (χ3n) is 3.46. The van der Waals surface area contributed by atoms with Crippen LogP contribution >= 0.6 is 15.9 Å². The molecule has 0 unspecified atom stereocenters. The molecule has 5 heteroatoms. The summed E-state index contributed by atoms with van der Waals surface area (Å²) in [6.45, 7) is 0.212. The minimum atomic E-state index is -0.259. The number of amides is 2. The highest BCUT2D eigenvalue weighted by atomic mass is 79.9. The molecular weight excluding hydrogens is 334 g/mol. The lowest BCUT2D eigenvalue weighted by Gasteiger charge is -2.15. The van der Waals surface area contributed by atoms with E-state index in [4.69, 9.17) is 4.74 Å². The Morgan fingerprint density at radius 1 is 1.05 bits per heavy atom. The van der Waals surface area contributed by atoms with E-state index in [0.717, 1.165) is 10.0 Å². The zero-order chi connectivity index (χ0) is 15.0. The van der Waals surface area contributed by atoms with E-state index in [9.17, 15) is 9.59 Å². The Bertz CT molecular complexity index is 707. The van der Waals surface area contributed by atoms with Crippen LogP contribution in [0.3, 0.4) is 0 Å². The monoisotopic (exact) mass is 345 g/mol. The summed E-state index contributed by atoms with van der Waals surface area (Å²) in [5.74, 6) is 0.167. The largest absolute Gasteiger partial charge is 0.497 e. The molecule has 0 aliphatic carbocycles. The van der Waals surface area contributed by atoms with Crippen LogP contribution in [0, 0.1) is 0 Å². The molecule has 0 radical (unpaired) electrons.